The minimum atomic E-state index is -4.37. The summed E-state index contributed by atoms with van der Waals surface area (Å²) >= 11 is 0. The van der Waals surface area contributed by atoms with Crippen molar-refractivity contribution in [3.63, 3.8) is 0 Å². The van der Waals surface area contributed by atoms with E-state index in [1.807, 2.05) is 54.6 Å². The van der Waals surface area contributed by atoms with Crippen LogP contribution in [0.15, 0.2) is 91.0 Å². The standard InChI is InChI=1S/C36H35F3N6O3/c1-24-21-31(44(41-24)23-36(37,38)39)25-17-19-43(20-18-25)22-29-32(34(46)42-45(35(47)48-2)27-13-7-4-8-14-27)28-15-9-10-16-30(28)40-33(29)26-11-5-3-6-12-26/h3-16,21,25H,17-20,22-23H2,1-2H3,(H,42,46). The van der Waals surface area contributed by atoms with Crippen LogP contribution >= 0.6 is 0 Å². The molecule has 1 saturated heterocycles. The number of pyridine rings is 1. The van der Waals surface area contributed by atoms with E-state index in [2.05, 4.69) is 15.4 Å². The first kappa shape index (κ1) is 32.7. The van der Waals surface area contributed by atoms with Crippen molar-refractivity contribution < 1.29 is 27.5 Å². The maximum Gasteiger partial charge on any atom is 0.433 e. The van der Waals surface area contributed by atoms with Crippen molar-refractivity contribution in [3.05, 3.63) is 114 Å². The first-order valence-corrected chi connectivity index (χ1v) is 15.7. The van der Waals surface area contributed by atoms with Crippen LogP contribution in [0.1, 0.15) is 46.1 Å². The maximum absolute atomic E-state index is 14.4. The number of hydrogen-bond donors (Lipinski definition) is 1. The number of aryl methyl sites for hydroxylation is 1. The number of fused-ring (bicyclic) bond motifs is 1. The minimum Gasteiger partial charge on any atom is -0.451 e. The SMILES string of the molecule is COC(=O)N(NC(=O)c1c(CN2CCC(c3cc(C)nn3CC(F)(F)F)CC2)c(-c2ccccc2)nc2ccccc12)c1ccccc1. The molecule has 0 spiro atoms. The molecule has 48 heavy (non-hydrogen) atoms. The molecule has 0 atom stereocenters. The average molecular weight is 657 g/mol. The number of carbonyl (C=O) groups is 2. The number of ether oxygens (including phenoxy) is 1. The van der Waals surface area contributed by atoms with Crippen molar-refractivity contribution in [2.75, 3.05) is 25.2 Å². The Bertz CT molecular complexity index is 1910. The number of hydrogen-bond acceptors (Lipinski definition) is 6. The van der Waals surface area contributed by atoms with Gasteiger partial charge in [-0.3, -0.25) is 19.8 Å². The predicted molar refractivity (Wildman–Crippen MR) is 176 cm³/mol. The van der Waals surface area contributed by atoms with Gasteiger partial charge in [0, 0.05) is 34.7 Å². The van der Waals surface area contributed by atoms with Crippen LogP contribution < -0.4 is 10.4 Å². The minimum absolute atomic E-state index is 0.0876. The number of halogens is 3. The number of amides is 2. The number of piperidine rings is 1. The van der Waals surface area contributed by atoms with Gasteiger partial charge >= 0.3 is 12.3 Å². The third-order valence-electron chi connectivity index (χ3n) is 8.50. The Morgan fingerprint density at radius 1 is 0.958 bits per heavy atom. The van der Waals surface area contributed by atoms with Crippen LogP contribution in [0.5, 0.6) is 0 Å². The fourth-order valence-electron chi connectivity index (χ4n) is 6.34. The molecular weight excluding hydrogens is 621 g/mol. The Morgan fingerprint density at radius 2 is 1.60 bits per heavy atom. The number of nitrogens with zero attached hydrogens (tertiary/aromatic N) is 5. The van der Waals surface area contributed by atoms with Crippen LogP contribution in [-0.2, 0) is 17.8 Å². The lowest BCUT2D eigenvalue weighted by atomic mass is 9.91. The van der Waals surface area contributed by atoms with Crippen molar-refractivity contribution in [1.29, 1.82) is 0 Å². The van der Waals surface area contributed by atoms with Crippen LogP contribution in [-0.4, -0.2) is 58.0 Å². The van der Waals surface area contributed by atoms with Gasteiger partial charge in [0.1, 0.15) is 6.54 Å². The number of methoxy groups -OCH3 is 1. The summed E-state index contributed by atoms with van der Waals surface area (Å²) in [7, 11) is 1.24. The van der Waals surface area contributed by atoms with Crippen LogP contribution in [0.3, 0.4) is 0 Å². The summed E-state index contributed by atoms with van der Waals surface area (Å²) in [6.07, 6.45) is -3.89. The number of anilines is 1. The summed E-state index contributed by atoms with van der Waals surface area (Å²) in [5, 5.41) is 5.81. The van der Waals surface area contributed by atoms with E-state index in [0.717, 1.165) is 15.3 Å². The quantitative estimate of drug-likeness (QED) is 0.185. The molecule has 248 valence electrons. The van der Waals surface area contributed by atoms with Crippen molar-refractivity contribution in [3.8, 4) is 11.3 Å². The van der Waals surface area contributed by atoms with Crippen molar-refractivity contribution in [1.82, 2.24) is 25.1 Å². The van der Waals surface area contributed by atoms with Crippen LogP contribution in [0.4, 0.5) is 23.7 Å². The molecule has 3 heterocycles. The van der Waals surface area contributed by atoms with E-state index < -0.39 is 24.7 Å². The van der Waals surface area contributed by atoms with E-state index in [9.17, 15) is 22.8 Å². The van der Waals surface area contributed by atoms with E-state index >= 15 is 0 Å². The number of alkyl halides is 3. The first-order valence-electron chi connectivity index (χ1n) is 15.7. The number of hydrazine groups is 1. The topological polar surface area (TPSA) is 92.6 Å². The van der Waals surface area contributed by atoms with Gasteiger partial charge in [-0.25, -0.2) is 9.78 Å². The highest BCUT2D eigenvalue weighted by atomic mass is 19.4. The zero-order valence-electron chi connectivity index (χ0n) is 26.6. The molecule has 0 bridgehead atoms. The summed E-state index contributed by atoms with van der Waals surface area (Å²) in [5.41, 5.74) is 7.44. The van der Waals surface area contributed by atoms with Crippen molar-refractivity contribution in [2.24, 2.45) is 0 Å². The molecule has 6 rings (SSSR count). The number of likely N-dealkylation sites (tertiary alicyclic amines) is 1. The lowest BCUT2D eigenvalue weighted by Crippen LogP contribution is -2.47. The largest absolute Gasteiger partial charge is 0.451 e. The Kier molecular flexibility index (Phi) is 9.44. The molecule has 1 fully saturated rings. The van der Waals surface area contributed by atoms with Gasteiger partial charge in [-0.05, 0) is 57.1 Å². The van der Waals surface area contributed by atoms with E-state index in [1.54, 1.807) is 43.3 Å². The zero-order chi connectivity index (χ0) is 33.8. The molecule has 1 N–H and O–H groups in total. The molecule has 2 aromatic heterocycles. The molecule has 5 aromatic rings. The molecule has 0 aliphatic carbocycles. The average Bonchev–Trinajstić information content (AvgIpc) is 3.45. The number of aromatic nitrogens is 3. The first-order chi connectivity index (χ1) is 23.1. The maximum atomic E-state index is 14.4. The fourth-order valence-corrected chi connectivity index (χ4v) is 6.34. The number of nitrogens with one attached hydrogen (secondary N) is 1. The third-order valence-corrected chi connectivity index (χ3v) is 8.50. The second kappa shape index (κ2) is 13.9. The molecule has 3 aromatic carbocycles. The molecule has 0 saturated carbocycles. The number of carbonyl (C=O) groups excluding carboxylic acids is 2. The summed E-state index contributed by atoms with van der Waals surface area (Å²) < 4.78 is 46.0. The highest BCUT2D eigenvalue weighted by Gasteiger charge is 2.33. The van der Waals surface area contributed by atoms with Gasteiger partial charge in [-0.2, -0.15) is 23.3 Å². The van der Waals surface area contributed by atoms with Gasteiger partial charge < -0.3 is 4.74 Å². The van der Waals surface area contributed by atoms with E-state index in [0.29, 0.717) is 77.3 Å². The van der Waals surface area contributed by atoms with Crippen molar-refractivity contribution >= 4 is 28.6 Å². The highest BCUT2D eigenvalue weighted by molar-refractivity contribution is 6.10. The number of benzene rings is 3. The summed E-state index contributed by atoms with van der Waals surface area (Å²) in [6.45, 7) is 2.10. The van der Waals surface area contributed by atoms with Crippen LogP contribution in [0.2, 0.25) is 0 Å². The lowest BCUT2D eigenvalue weighted by Gasteiger charge is -2.33. The van der Waals surface area contributed by atoms with Crippen LogP contribution in [0, 0.1) is 6.92 Å². The van der Waals surface area contributed by atoms with Gasteiger partial charge in [0.2, 0.25) is 0 Å². The van der Waals surface area contributed by atoms with E-state index in [1.165, 1.54) is 7.11 Å². The molecule has 9 nitrogen and oxygen atoms in total. The number of rotatable bonds is 7. The molecule has 12 heteroatoms. The van der Waals surface area contributed by atoms with Gasteiger partial charge in [-0.1, -0.05) is 66.7 Å². The molecule has 1 aliphatic heterocycles. The normalized spacial score (nSPS) is 14.2. The molecule has 0 unspecified atom stereocenters. The Labute approximate surface area is 275 Å². The van der Waals surface area contributed by atoms with Crippen LogP contribution in [0.25, 0.3) is 22.2 Å². The summed E-state index contributed by atoms with van der Waals surface area (Å²) in [6, 6.07) is 27.4. The fraction of sp³-hybridized carbons (Fsp3) is 0.278. The summed E-state index contributed by atoms with van der Waals surface area (Å²) in [4.78, 5) is 34.5. The number of para-hydroxylation sites is 2. The second-order valence-electron chi connectivity index (χ2n) is 11.8. The highest BCUT2D eigenvalue weighted by Crippen LogP contribution is 2.35. The third kappa shape index (κ3) is 7.18. The smallest absolute Gasteiger partial charge is 0.433 e. The molecule has 1 aliphatic rings. The molecular formula is C36H35F3N6O3. The Hall–Kier alpha value is -5.23. The van der Waals surface area contributed by atoms with E-state index in [4.69, 9.17) is 9.72 Å². The predicted octanol–water partition coefficient (Wildman–Crippen LogP) is 7.27. The zero-order valence-corrected chi connectivity index (χ0v) is 26.6. The van der Waals surface area contributed by atoms with E-state index in [-0.39, 0.29) is 5.92 Å². The monoisotopic (exact) mass is 656 g/mol. The Morgan fingerprint density at radius 3 is 2.27 bits per heavy atom. The second-order valence-corrected chi connectivity index (χ2v) is 11.8. The van der Waals surface area contributed by atoms with Gasteiger partial charge in [-0.15, -0.1) is 0 Å². The Balaban J connectivity index is 1.37. The summed E-state index contributed by atoms with van der Waals surface area (Å²) in [5.74, 6) is -0.605. The van der Waals surface area contributed by atoms with Gasteiger partial charge in [0.25, 0.3) is 5.91 Å². The van der Waals surface area contributed by atoms with Crippen molar-refractivity contribution in [2.45, 2.75) is 44.9 Å². The van der Waals surface area contributed by atoms with Gasteiger partial charge in [0.05, 0.1) is 35.3 Å². The molecule has 0 radical (unpaired) electrons. The molecule has 2 amide bonds. The lowest BCUT2D eigenvalue weighted by molar-refractivity contribution is -0.143. The van der Waals surface area contributed by atoms with Gasteiger partial charge in [0.15, 0.2) is 0 Å².